The number of aliphatic hydroxyl groups excluding tert-OH is 1. The molecule has 2 unspecified atom stereocenters. The number of hydrogen-bond donors (Lipinski definition) is 1. The molecule has 1 heterocycles. The van der Waals surface area contributed by atoms with Crippen molar-refractivity contribution in [1.82, 2.24) is 9.78 Å². The number of rotatable bonds is 2. The third kappa shape index (κ3) is 1.69. The molecule has 0 aliphatic heterocycles. The van der Waals surface area contributed by atoms with Crippen LogP contribution in [0.3, 0.4) is 0 Å². The molecule has 0 aromatic carbocycles. The SMILES string of the molecule is CCc1c(C)nn(C2CCCC2O)c1C. The minimum absolute atomic E-state index is 0.201. The summed E-state index contributed by atoms with van der Waals surface area (Å²) in [6, 6.07) is 0.212. The highest BCUT2D eigenvalue weighted by Crippen LogP contribution is 2.31. The molecule has 0 amide bonds. The van der Waals surface area contributed by atoms with Crippen LogP contribution in [0, 0.1) is 13.8 Å². The van der Waals surface area contributed by atoms with Crippen molar-refractivity contribution in [1.29, 1.82) is 0 Å². The second kappa shape index (κ2) is 3.97. The van der Waals surface area contributed by atoms with Crippen molar-refractivity contribution < 1.29 is 5.11 Å². The molecule has 3 nitrogen and oxygen atoms in total. The lowest BCUT2D eigenvalue weighted by molar-refractivity contribution is 0.129. The van der Waals surface area contributed by atoms with Crippen molar-refractivity contribution in [2.45, 2.75) is 58.6 Å². The van der Waals surface area contributed by atoms with Crippen LogP contribution in [0.1, 0.15) is 49.2 Å². The summed E-state index contributed by atoms with van der Waals surface area (Å²) in [4.78, 5) is 0. The maximum absolute atomic E-state index is 9.88. The van der Waals surface area contributed by atoms with E-state index < -0.39 is 0 Å². The molecule has 1 aromatic heterocycles. The summed E-state index contributed by atoms with van der Waals surface area (Å²) in [5.74, 6) is 0. The summed E-state index contributed by atoms with van der Waals surface area (Å²) in [7, 11) is 0. The maximum atomic E-state index is 9.88. The molecule has 1 N–H and O–H groups in total. The average molecular weight is 208 g/mol. The van der Waals surface area contributed by atoms with E-state index in [1.807, 2.05) is 4.68 Å². The molecule has 1 saturated carbocycles. The Morgan fingerprint density at radius 3 is 2.60 bits per heavy atom. The quantitative estimate of drug-likeness (QED) is 0.808. The van der Waals surface area contributed by atoms with E-state index in [2.05, 4.69) is 25.9 Å². The first kappa shape index (κ1) is 10.7. The molecule has 0 spiro atoms. The fourth-order valence-corrected chi connectivity index (χ4v) is 2.74. The topological polar surface area (TPSA) is 38.0 Å². The molecule has 1 aliphatic rings. The van der Waals surface area contributed by atoms with Gasteiger partial charge in [0.2, 0.25) is 0 Å². The Morgan fingerprint density at radius 1 is 1.40 bits per heavy atom. The molecule has 0 bridgehead atoms. The van der Waals surface area contributed by atoms with Crippen molar-refractivity contribution in [2.75, 3.05) is 0 Å². The largest absolute Gasteiger partial charge is 0.391 e. The van der Waals surface area contributed by atoms with Gasteiger partial charge in [-0.3, -0.25) is 4.68 Å². The first-order chi connectivity index (χ1) is 7.15. The van der Waals surface area contributed by atoms with Gasteiger partial charge in [-0.05, 0) is 45.1 Å². The van der Waals surface area contributed by atoms with E-state index in [4.69, 9.17) is 0 Å². The van der Waals surface area contributed by atoms with Gasteiger partial charge in [0.1, 0.15) is 0 Å². The van der Waals surface area contributed by atoms with Crippen LogP contribution in [0.5, 0.6) is 0 Å². The minimum Gasteiger partial charge on any atom is -0.391 e. The van der Waals surface area contributed by atoms with Crippen molar-refractivity contribution in [3.8, 4) is 0 Å². The highest BCUT2D eigenvalue weighted by atomic mass is 16.3. The highest BCUT2D eigenvalue weighted by Gasteiger charge is 2.29. The van der Waals surface area contributed by atoms with E-state index in [0.29, 0.717) is 0 Å². The van der Waals surface area contributed by atoms with E-state index in [0.717, 1.165) is 31.4 Å². The molecule has 0 radical (unpaired) electrons. The number of aliphatic hydroxyl groups is 1. The normalized spacial score (nSPS) is 26.1. The van der Waals surface area contributed by atoms with Crippen LogP contribution in [0.4, 0.5) is 0 Å². The first-order valence-electron chi connectivity index (χ1n) is 5.87. The van der Waals surface area contributed by atoms with Crippen LogP contribution < -0.4 is 0 Å². The molecule has 2 rings (SSSR count). The molecule has 1 aliphatic carbocycles. The predicted molar refractivity (Wildman–Crippen MR) is 60.0 cm³/mol. The Labute approximate surface area is 91.1 Å². The molecular formula is C12H20N2O. The van der Waals surface area contributed by atoms with Crippen LogP contribution in [0.15, 0.2) is 0 Å². The van der Waals surface area contributed by atoms with Gasteiger partial charge in [-0.2, -0.15) is 5.10 Å². The van der Waals surface area contributed by atoms with E-state index in [1.165, 1.54) is 11.3 Å². The summed E-state index contributed by atoms with van der Waals surface area (Å²) in [6.45, 7) is 6.33. The minimum atomic E-state index is -0.201. The predicted octanol–water partition coefficient (Wildman–Crippen LogP) is 2.15. The van der Waals surface area contributed by atoms with Gasteiger partial charge in [0.25, 0.3) is 0 Å². The van der Waals surface area contributed by atoms with Crippen LogP contribution >= 0.6 is 0 Å². The second-order valence-corrected chi connectivity index (χ2v) is 4.51. The Kier molecular flexibility index (Phi) is 2.83. The third-order valence-corrected chi connectivity index (χ3v) is 3.59. The standard InChI is InChI=1S/C12H20N2O/c1-4-10-8(2)13-14(9(10)3)11-6-5-7-12(11)15/h11-12,15H,4-7H2,1-3H3. The van der Waals surface area contributed by atoms with Crippen LogP contribution in [0.25, 0.3) is 0 Å². The zero-order valence-electron chi connectivity index (χ0n) is 9.82. The van der Waals surface area contributed by atoms with Gasteiger partial charge in [0, 0.05) is 5.69 Å². The van der Waals surface area contributed by atoms with Crippen molar-refractivity contribution >= 4 is 0 Å². The average Bonchev–Trinajstić information content (AvgIpc) is 2.71. The Bertz CT molecular complexity index is 357. The van der Waals surface area contributed by atoms with E-state index in [9.17, 15) is 5.11 Å². The van der Waals surface area contributed by atoms with Gasteiger partial charge in [-0.25, -0.2) is 0 Å². The summed E-state index contributed by atoms with van der Waals surface area (Å²) < 4.78 is 2.05. The van der Waals surface area contributed by atoms with Crippen LogP contribution in [-0.4, -0.2) is 21.0 Å². The van der Waals surface area contributed by atoms with Crippen molar-refractivity contribution in [3.05, 3.63) is 17.0 Å². The van der Waals surface area contributed by atoms with E-state index in [-0.39, 0.29) is 12.1 Å². The first-order valence-corrected chi connectivity index (χ1v) is 5.87. The summed E-state index contributed by atoms with van der Waals surface area (Å²) in [5.41, 5.74) is 3.70. The van der Waals surface area contributed by atoms with E-state index in [1.54, 1.807) is 0 Å². The van der Waals surface area contributed by atoms with Gasteiger partial charge >= 0.3 is 0 Å². The Hall–Kier alpha value is -0.830. The van der Waals surface area contributed by atoms with Crippen LogP contribution in [0.2, 0.25) is 0 Å². The number of nitrogens with zero attached hydrogens (tertiary/aromatic N) is 2. The molecule has 3 heteroatoms. The van der Waals surface area contributed by atoms with Crippen molar-refractivity contribution in [3.63, 3.8) is 0 Å². The molecule has 15 heavy (non-hydrogen) atoms. The third-order valence-electron chi connectivity index (χ3n) is 3.59. The summed E-state index contributed by atoms with van der Waals surface area (Å²) in [6.07, 6.45) is 3.93. The summed E-state index contributed by atoms with van der Waals surface area (Å²) >= 11 is 0. The molecule has 0 saturated heterocycles. The van der Waals surface area contributed by atoms with Gasteiger partial charge in [-0.1, -0.05) is 6.92 Å². The smallest absolute Gasteiger partial charge is 0.0781 e. The number of hydrogen-bond acceptors (Lipinski definition) is 2. The van der Waals surface area contributed by atoms with E-state index >= 15 is 0 Å². The molecule has 2 atom stereocenters. The second-order valence-electron chi connectivity index (χ2n) is 4.51. The lowest BCUT2D eigenvalue weighted by Crippen LogP contribution is -2.20. The maximum Gasteiger partial charge on any atom is 0.0781 e. The molecule has 1 aromatic rings. The van der Waals surface area contributed by atoms with Crippen molar-refractivity contribution in [2.24, 2.45) is 0 Å². The Balaban J connectivity index is 2.36. The zero-order valence-corrected chi connectivity index (χ0v) is 9.82. The lowest BCUT2D eigenvalue weighted by atomic mass is 10.1. The Morgan fingerprint density at radius 2 is 2.13 bits per heavy atom. The molecule has 1 fully saturated rings. The molecule has 84 valence electrons. The van der Waals surface area contributed by atoms with Gasteiger partial charge < -0.3 is 5.11 Å². The van der Waals surface area contributed by atoms with Gasteiger partial charge in [0.05, 0.1) is 17.8 Å². The monoisotopic (exact) mass is 208 g/mol. The number of aryl methyl sites for hydroxylation is 1. The lowest BCUT2D eigenvalue weighted by Gasteiger charge is -2.17. The molecular weight excluding hydrogens is 188 g/mol. The fourth-order valence-electron chi connectivity index (χ4n) is 2.74. The van der Waals surface area contributed by atoms with Crippen LogP contribution in [-0.2, 0) is 6.42 Å². The van der Waals surface area contributed by atoms with Gasteiger partial charge in [0.15, 0.2) is 0 Å². The fraction of sp³-hybridized carbons (Fsp3) is 0.750. The highest BCUT2D eigenvalue weighted by molar-refractivity contribution is 5.25. The zero-order chi connectivity index (χ0) is 11.0. The summed E-state index contributed by atoms with van der Waals surface area (Å²) in [5, 5.41) is 14.4. The number of aromatic nitrogens is 2. The van der Waals surface area contributed by atoms with Gasteiger partial charge in [-0.15, -0.1) is 0 Å².